The third kappa shape index (κ3) is 3.75. The predicted octanol–water partition coefficient (Wildman–Crippen LogP) is 2.07. The summed E-state index contributed by atoms with van der Waals surface area (Å²) in [6.45, 7) is 6.01. The number of nitrogens with zero attached hydrogens (tertiary/aromatic N) is 1. The summed E-state index contributed by atoms with van der Waals surface area (Å²) in [5.74, 6) is -0.720. The zero-order chi connectivity index (χ0) is 17.7. The number of urea groups is 1. The van der Waals surface area contributed by atoms with Crippen LogP contribution in [0.1, 0.15) is 44.2 Å². The SMILES string of the molecule is CCCCCNC(=O)CN1C(=O)NC(C)(c2ccc(C)cc2)C1=O. The summed E-state index contributed by atoms with van der Waals surface area (Å²) in [5, 5.41) is 5.45. The molecule has 1 atom stereocenters. The van der Waals surface area contributed by atoms with E-state index in [1.165, 1.54) is 0 Å². The van der Waals surface area contributed by atoms with Crippen molar-refractivity contribution in [3.05, 3.63) is 35.4 Å². The predicted molar refractivity (Wildman–Crippen MR) is 91.3 cm³/mol. The van der Waals surface area contributed by atoms with Crippen molar-refractivity contribution in [2.24, 2.45) is 0 Å². The number of hydrogen-bond donors (Lipinski definition) is 2. The van der Waals surface area contributed by atoms with E-state index in [1.807, 2.05) is 31.2 Å². The largest absolute Gasteiger partial charge is 0.355 e. The van der Waals surface area contributed by atoms with Gasteiger partial charge in [0.15, 0.2) is 0 Å². The molecule has 6 nitrogen and oxygen atoms in total. The van der Waals surface area contributed by atoms with Crippen LogP contribution in [0.25, 0.3) is 0 Å². The second-order valence-corrected chi connectivity index (χ2v) is 6.37. The van der Waals surface area contributed by atoms with Gasteiger partial charge < -0.3 is 10.6 Å². The third-order valence-electron chi connectivity index (χ3n) is 4.31. The standard InChI is InChI=1S/C18H25N3O3/c1-4-5-6-11-19-15(22)12-21-16(23)18(3,20-17(21)24)14-9-7-13(2)8-10-14/h7-10H,4-6,11-12H2,1-3H3,(H,19,22)(H,20,24). The molecule has 2 rings (SSSR count). The fraction of sp³-hybridized carbons (Fsp3) is 0.500. The van der Waals surface area contributed by atoms with Crippen LogP contribution in [0.5, 0.6) is 0 Å². The van der Waals surface area contributed by atoms with Crippen molar-refractivity contribution in [1.29, 1.82) is 0 Å². The van der Waals surface area contributed by atoms with Gasteiger partial charge in [0.1, 0.15) is 12.1 Å². The molecule has 0 aliphatic carbocycles. The van der Waals surface area contributed by atoms with Crippen LogP contribution in [0.2, 0.25) is 0 Å². The second-order valence-electron chi connectivity index (χ2n) is 6.37. The van der Waals surface area contributed by atoms with Gasteiger partial charge in [-0.1, -0.05) is 49.6 Å². The molecule has 1 aliphatic rings. The number of unbranched alkanes of at least 4 members (excludes halogenated alkanes) is 2. The summed E-state index contributed by atoms with van der Waals surface area (Å²) in [4.78, 5) is 37.8. The topological polar surface area (TPSA) is 78.5 Å². The first kappa shape index (κ1) is 18.0. The molecule has 2 N–H and O–H groups in total. The molecule has 1 fully saturated rings. The Morgan fingerprint density at radius 2 is 1.88 bits per heavy atom. The fourth-order valence-electron chi connectivity index (χ4n) is 2.73. The molecule has 1 aliphatic heterocycles. The van der Waals surface area contributed by atoms with Crippen LogP contribution >= 0.6 is 0 Å². The van der Waals surface area contributed by atoms with Gasteiger partial charge in [-0.3, -0.25) is 14.5 Å². The summed E-state index contributed by atoms with van der Waals surface area (Å²) in [6.07, 6.45) is 3.00. The van der Waals surface area contributed by atoms with Crippen molar-refractivity contribution in [2.75, 3.05) is 13.1 Å². The van der Waals surface area contributed by atoms with E-state index in [0.29, 0.717) is 12.1 Å². The quantitative estimate of drug-likeness (QED) is 0.593. The number of aryl methyl sites for hydroxylation is 1. The number of hydrogen-bond acceptors (Lipinski definition) is 3. The molecular weight excluding hydrogens is 306 g/mol. The number of amides is 4. The maximum Gasteiger partial charge on any atom is 0.325 e. The number of nitrogens with one attached hydrogen (secondary N) is 2. The molecule has 1 aromatic carbocycles. The Balaban J connectivity index is 2.03. The molecule has 0 saturated carbocycles. The van der Waals surface area contributed by atoms with Crippen LogP contribution in [-0.2, 0) is 15.1 Å². The van der Waals surface area contributed by atoms with E-state index < -0.39 is 17.5 Å². The van der Waals surface area contributed by atoms with Crippen LogP contribution in [0, 0.1) is 6.92 Å². The van der Waals surface area contributed by atoms with Crippen LogP contribution in [0.4, 0.5) is 4.79 Å². The highest BCUT2D eigenvalue weighted by Gasteiger charge is 2.49. The monoisotopic (exact) mass is 331 g/mol. The van der Waals surface area contributed by atoms with Gasteiger partial charge in [-0.05, 0) is 25.8 Å². The molecule has 0 spiro atoms. The highest BCUT2D eigenvalue weighted by atomic mass is 16.2. The van der Waals surface area contributed by atoms with Crippen molar-refractivity contribution in [3.63, 3.8) is 0 Å². The van der Waals surface area contributed by atoms with Gasteiger partial charge in [-0.2, -0.15) is 0 Å². The molecule has 130 valence electrons. The lowest BCUT2D eigenvalue weighted by molar-refractivity contribution is -0.134. The van der Waals surface area contributed by atoms with Gasteiger partial charge in [-0.15, -0.1) is 0 Å². The number of carbonyl (C=O) groups excluding carboxylic acids is 3. The van der Waals surface area contributed by atoms with Gasteiger partial charge in [0, 0.05) is 6.54 Å². The fourth-order valence-corrected chi connectivity index (χ4v) is 2.73. The minimum Gasteiger partial charge on any atom is -0.355 e. The highest BCUT2D eigenvalue weighted by Crippen LogP contribution is 2.28. The molecule has 1 aromatic rings. The lowest BCUT2D eigenvalue weighted by atomic mass is 9.91. The molecule has 24 heavy (non-hydrogen) atoms. The summed E-state index contributed by atoms with van der Waals surface area (Å²) in [7, 11) is 0. The van der Waals surface area contributed by atoms with Crippen LogP contribution in [0.3, 0.4) is 0 Å². The van der Waals surface area contributed by atoms with E-state index in [0.717, 1.165) is 29.7 Å². The molecule has 0 bridgehead atoms. The van der Waals surface area contributed by atoms with Gasteiger partial charge >= 0.3 is 6.03 Å². The second kappa shape index (κ2) is 7.47. The first-order valence-corrected chi connectivity index (χ1v) is 8.36. The first-order chi connectivity index (χ1) is 11.4. The van der Waals surface area contributed by atoms with Gasteiger partial charge in [-0.25, -0.2) is 4.79 Å². The van der Waals surface area contributed by atoms with E-state index >= 15 is 0 Å². The molecule has 1 heterocycles. The van der Waals surface area contributed by atoms with Crippen LogP contribution in [-0.4, -0.2) is 35.8 Å². The van der Waals surface area contributed by atoms with Gasteiger partial charge in [0.05, 0.1) is 0 Å². The zero-order valence-corrected chi connectivity index (χ0v) is 14.5. The molecule has 1 saturated heterocycles. The summed E-state index contributed by atoms with van der Waals surface area (Å²) >= 11 is 0. The number of rotatable bonds is 7. The summed E-state index contributed by atoms with van der Waals surface area (Å²) in [6, 6.07) is 6.89. The van der Waals surface area contributed by atoms with Crippen molar-refractivity contribution < 1.29 is 14.4 Å². The molecule has 1 unspecified atom stereocenters. The summed E-state index contributed by atoms with van der Waals surface area (Å²) in [5.41, 5.74) is 0.646. The smallest absolute Gasteiger partial charge is 0.325 e. The van der Waals surface area contributed by atoms with Crippen molar-refractivity contribution in [1.82, 2.24) is 15.5 Å². The molecule has 0 aromatic heterocycles. The Hall–Kier alpha value is -2.37. The normalized spacial score (nSPS) is 20.2. The maximum absolute atomic E-state index is 12.7. The average Bonchev–Trinajstić information content (AvgIpc) is 2.76. The Bertz CT molecular complexity index is 627. The lowest BCUT2D eigenvalue weighted by Gasteiger charge is -2.22. The zero-order valence-electron chi connectivity index (χ0n) is 14.5. The maximum atomic E-state index is 12.7. The third-order valence-corrected chi connectivity index (χ3v) is 4.31. The van der Waals surface area contributed by atoms with E-state index in [9.17, 15) is 14.4 Å². The van der Waals surface area contributed by atoms with Gasteiger partial charge in [0.2, 0.25) is 5.91 Å². The molecular formula is C18H25N3O3. The van der Waals surface area contributed by atoms with E-state index in [1.54, 1.807) is 6.92 Å². The van der Waals surface area contributed by atoms with E-state index in [4.69, 9.17) is 0 Å². The minimum atomic E-state index is -1.13. The van der Waals surface area contributed by atoms with Crippen molar-refractivity contribution in [3.8, 4) is 0 Å². The average molecular weight is 331 g/mol. The Kier molecular flexibility index (Phi) is 5.59. The first-order valence-electron chi connectivity index (χ1n) is 8.36. The van der Waals surface area contributed by atoms with Crippen molar-refractivity contribution in [2.45, 2.75) is 45.6 Å². The van der Waals surface area contributed by atoms with E-state index in [-0.39, 0.29) is 12.5 Å². The minimum absolute atomic E-state index is 0.252. The van der Waals surface area contributed by atoms with Crippen molar-refractivity contribution >= 4 is 17.8 Å². The highest BCUT2D eigenvalue weighted by molar-refractivity contribution is 6.09. The molecule has 4 amide bonds. The van der Waals surface area contributed by atoms with Crippen LogP contribution < -0.4 is 10.6 Å². The molecule has 6 heteroatoms. The number of imide groups is 1. The number of carbonyl (C=O) groups is 3. The number of benzene rings is 1. The molecule has 0 radical (unpaired) electrons. The Labute approximate surface area is 142 Å². The Morgan fingerprint density at radius 3 is 2.50 bits per heavy atom. The summed E-state index contributed by atoms with van der Waals surface area (Å²) < 4.78 is 0. The van der Waals surface area contributed by atoms with Crippen LogP contribution in [0.15, 0.2) is 24.3 Å². The Morgan fingerprint density at radius 1 is 1.21 bits per heavy atom. The van der Waals surface area contributed by atoms with E-state index in [2.05, 4.69) is 17.6 Å². The van der Waals surface area contributed by atoms with Gasteiger partial charge in [0.25, 0.3) is 5.91 Å². The lowest BCUT2D eigenvalue weighted by Crippen LogP contribution is -2.43.